The van der Waals surface area contributed by atoms with Crippen LogP contribution in [0.2, 0.25) is 19.6 Å². The Bertz CT molecular complexity index is 1610. The van der Waals surface area contributed by atoms with E-state index < -0.39 is 8.07 Å². The van der Waals surface area contributed by atoms with Crippen LogP contribution in [0.4, 0.5) is 0 Å². The van der Waals surface area contributed by atoms with Crippen molar-refractivity contribution >= 4 is 35.2 Å². The molecule has 0 saturated heterocycles. The number of rotatable bonds is 3. The highest BCUT2D eigenvalue weighted by Crippen LogP contribution is 2.42. The van der Waals surface area contributed by atoms with Crippen LogP contribution < -0.4 is 9.75 Å². The summed E-state index contributed by atoms with van der Waals surface area (Å²) in [6.07, 6.45) is 2.08. The molecule has 2 heterocycles. The van der Waals surface area contributed by atoms with Crippen LogP contribution >= 0.6 is 0 Å². The molecule has 0 spiro atoms. The predicted octanol–water partition coefficient (Wildman–Crippen LogP) is 6.78. The Morgan fingerprint density at radius 2 is 1.62 bits per heavy atom. The molecule has 0 aliphatic heterocycles. The maximum Gasteiger partial charge on any atom is 0.216 e. The van der Waals surface area contributed by atoms with E-state index in [2.05, 4.69) is 106 Å². The van der Waals surface area contributed by atoms with Gasteiger partial charge >= 0.3 is 0 Å². The average molecular weight is 462 g/mol. The van der Waals surface area contributed by atoms with Crippen LogP contribution in [-0.2, 0) is 7.05 Å². The van der Waals surface area contributed by atoms with Gasteiger partial charge in [-0.05, 0) is 42.7 Å². The number of nitriles is 1. The molecule has 4 heteroatoms. The van der Waals surface area contributed by atoms with Crippen LogP contribution in [0.25, 0.3) is 44.3 Å². The fourth-order valence-electron chi connectivity index (χ4n) is 4.75. The van der Waals surface area contributed by atoms with Crippen molar-refractivity contribution in [2.75, 3.05) is 0 Å². The summed E-state index contributed by atoms with van der Waals surface area (Å²) in [7, 11) is 0.675. The maximum absolute atomic E-state index is 9.93. The lowest BCUT2D eigenvalue weighted by Gasteiger charge is -2.16. The van der Waals surface area contributed by atoms with E-state index in [-0.39, 0.29) is 0 Å². The molecular formula is C30H29N2OSi+. The van der Waals surface area contributed by atoms with Gasteiger partial charge in [-0.2, -0.15) is 5.26 Å². The number of furan rings is 1. The lowest BCUT2D eigenvalue weighted by atomic mass is 9.96. The van der Waals surface area contributed by atoms with E-state index in [4.69, 9.17) is 4.42 Å². The third-order valence-electron chi connectivity index (χ3n) is 6.74. The van der Waals surface area contributed by atoms with Crippen molar-refractivity contribution in [1.29, 1.82) is 5.26 Å². The molecule has 0 unspecified atom stereocenters. The molecule has 3 nitrogen and oxygen atoms in total. The Labute approximate surface area is 201 Å². The second kappa shape index (κ2) is 7.97. The molecule has 3 aromatic carbocycles. The standard InChI is InChI=1S/C30H29N2OSi/c1-19-15-16-32(3)26(17-19)27-20(2)7-13-25-28-22(18-31)10-14-24(29(28)33-30(25)27)21-8-11-23(12-9-21)34(4,5)6/h7-17H,1-6H3/q+1. The van der Waals surface area contributed by atoms with E-state index in [9.17, 15) is 5.26 Å². The van der Waals surface area contributed by atoms with Gasteiger partial charge in [0.05, 0.1) is 25.3 Å². The van der Waals surface area contributed by atoms with Gasteiger partial charge in [0, 0.05) is 28.5 Å². The highest BCUT2D eigenvalue weighted by molar-refractivity contribution is 6.88. The number of fused-ring (bicyclic) bond motifs is 3. The number of aromatic nitrogens is 1. The summed E-state index contributed by atoms with van der Waals surface area (Å²) in [5.74, 6) is 0. The predicted molar refractivity (Wildman–Crippen MR) is 143 cm³/mol. The topological polar surface area (TPSA) is 40.8 Å². The molecule has 5 rings (SSSR count). The van der Waals surface area contributed by atoms with Gasteiger partial charge in [0.25, 0.3) is 0 Å². The van der Waals surface area contributed by atoms with Crippen molar-refractivity contribution in [3.63, 3.8) is 0 Å². The van der Waals surface area contributed by atoms with E-state index in [1.165, 1.54) is 10.8 Å². The maximum atomic E-state index is 9.93. The first-order valence-corrected chi connectivity index (χ1v) is 15.2. The zero-order chi connectivity index (χ0) is 24.2. The van der Waals surface area contributed by atoms with E-state index >= 15 is 0 Å². The molecule has 0 saturated carbocycles. The lowest BCUT2D eigenvalue weighted by Crippen LogP contribution is -2.37. The number of pyridine rings is 1. The molecule has 0 amide bonds. The number of hydrogen-bond acceptors (Lipinski definition) is 2. The molecule has 0 aliphatic rings. The summed E-state index contributed by atoms with van der Waals surface area (Å²) in [5, 5.41) is 13.2. The van der Waals surface area contributed by atoms with Gasteiger partial charge in [0.2, 0.25) is 5.69 Å². The van der Waals surface area contributed by atoms with E-state index in [1.54, 1.807) is 0 Å². The van der Waals surface area contributed by atoms with Crippen molar-refractivity contribution in [3.8, 4) is 28.5 Å². The first-order valence-electron chi connectivity index (χ1n) is 11.7. The Kier molecular flexibility index (Phi) is 5.19. The quantitative estimate of drug-likeness (QED) is 0.219. The first kappa shape index (κ1) is 22.1. The molecule has 5 aromatic rings. The SMILES string of the molecule is Cc1cc[n+](C)c(-c2c(C)ccc3c2oc2c(-c4ccc([Si](C)(C)C)cc4)ccc(C#N)c23)c1. The number of benzene rings is 3. The molecule has 0 fully saturated rings. The second-order valence-electron chi connectivity index (χ2n) is 10.2. The minimum atomic E-state index is -1.38. The van der Waals surface area contributed by atoms with Crippen LogP contribution in [0.1, 0.15) is 16.7 Å². The van der Waals surface area contributed by atoms with Crippen LogP contribution in [0.5, 0.6) is 0 Å². The average Bonchev–Trinajstić information content (AvgIpc) is 3.19. The normalized spacial score (nSPS) is 11.8. The van der Waals surface area contributed by atoms with E-state index in [1.807, 2.05) is 12.1 Å². The second-order valence-corrected chi connectivity index (χ2v) is 15.3. The molecule has 34 heavy (non-hydrogen) atoms. The Morgan fingerprint density at radius 1 is 0.882 bits per heavy atom. The van der Waals surface area contributed by atoms with Gasteiger partial charge in [-0.1, -0.05) is 61.2 Å². The van der Waals surface area contributed by atoms with E-state index in [0.717, 1.165) is 49.9 Å². The molecule has 0 N–H and O–H groups in total. The van der Waals surface area contributed by atoms with Crippen LogP contribution in [0.3, 0.4) is 0 Å². The van der Waals surface area contributed by atoms with Crippen molar-refractivity contribution in [3.05, 3.63) is 83.6 Å². The van der Waals surface area contributed by atoms with Gasteiger partial charge in [-0.25, -0.2) is 4.57 Å². The van der Waals surface area contributed by atoms with E-state index in [0.29, 0.717) is 5.56 Å². The van der Waals surface area contributed by atoms with Crippen molar-refractivity contribution in [2.24, 2.45) is 7.05 Å². The first-order chi connectivity index (χ1) is 16.2. The van der Waals surface area contributed by atoms with Crippen molar-refractivity contribution in [1.82, 2.24) is 0 Å². The van der Waals surface area contributed by atoms with Crippen LogP contribution in [0.15, 0.2) is 71.3 Å². The summed E-state index contributed by atoms with van der Waals surface area (Å²) in [6.45, 7) is 11.3. The molecule has 0 bridgehead atoms. The summed E-state index contributed by atoms with van der Waals surface area (Å²) in [5.41, 5.74) is 8.88. The fourth-order valence-corrected chi connectivity index (χ4v) is 5.92. The van der Waals surface area contributed by atoms with Crippen molar-refractivity contribution in [2.45, 2.75) is 33.5 Å². The van der Waals surface area contributed by atoms with Gasteiger partial charge in [-0.3, -0.25) is 0 Å². The zero-order valence-corrected chi connectivity index (χ0v) is 21.7. The molecule has 2 aromatic heterocycles. The highest BCUT2D eigenvalue weighted by Gasteiger charge is 2.24. The zero-order valence-electron chi connectivity index (χ0n) is 20.7. The molecule has 168 valence electrons. The smallest absolute Gasteiger partial charge is 0.216 e. The molecule has 0 atom stereocenters. The number of nitrogens with zero attached hydrogens (tertiary/aromatic N) is 2. The number of hydrogen-bond donors (Lipinski definition) is 0. The van der Waals surface area contributed by atoms with Gasteiger partial charge in [0.1, 0.15) is 18.2 Å². The largest absolute Gasteiger partial charge is 0.454 e. The summed E-state index contributed by atoms with van der Waals surface area (Å²) in [6, 6.07) is 23.7. The van der Waals surface area contributed by atoms with Gasteiger partial charge < -0.3 is 4.42 Å². The minimum Gasteiger partial charge on any atom is -0.454 e. The van der Waals surface area contributed by atoms with Gasteiger partial charge in [0.15, 0.2) is 6.20 Å². The monoisotopic (exact) mass is 461 g/mol. The van der Waals surface area contributed by atoms with Crippen molar-refractivity contribution < 1.29 is 8.98 Å². The third-order valence-corrected chi connectivity index (χ3v) is 8.81. The minimum absolute atomic E-state index is 0.639. The van der Waals surface area contributed by atoms with Gasteiger partial charge in [-0.15, -0.1) is 0 Å². The van der Waals surface area contributed by atoms with Crippen LogP contribution in [-0.4, -0.2) is 8.07 Å². The Hall–Kier alpha value is -3.68. The molecule has 0 aliphatic carbocycles. The van der Waals surface area contributed by atoms with Crippen LogP contribution in [0, 0.1) is 25.2 Å². The summed E-state index contributed by atoms with van der Waals surface area (Å²) in [4.78, 5) is 0. The fraction of sp³-hybridized carbons (Fsp3) is 0.200. The number of aryl methyl sites for hydroxylation is 3. The summed E-state index contributed by atoms with van der Waals surface area (Å²) >= 11 is 0. The molecular weight excluding hydrogens is 432 g/mol. The lowest BCUT2D eigenvalue weighted by molar-refractivity contribution is -0.660. The Morgan fingerprint density at radius 3 is 2.29 bits per heavy atom. The third kappa shape index (κ3) is 3.53. The highest BCUT2D eigenvalue weighted by atomic mass is 28.3. The Balaban J connectivity index is 1.84. The molecule has 0 radical (unpaired) electrons. The summed E-state index contributed by atoms with van der Waals surface area (Å²) < 4.78 is 8.81.